The van der Waals surface area contributed by atoms with E-state index in [1.54, 1.807) is 30.1 Å². The Morgan fingerprint density at radius 2 is 2.15 bits per heavy atom. The number of hydrogen-bond donors (Lipinski definition) is 1. The molecule has 1 N–H and O–H groups in total. The molecular formula is C14H15FN2O2S. The minimum Gasteiger partial charge on any atom is -0.477 e. The van der Waals surface area contributed by atoms with Crippen molar-refractivity contribution in [2.24, 2.45) is 0 Å². The molecule has 0 radical (unpaired) electrons. The molecule has 0 aliphatic carbocycles. The fourth-order valence-corrected chi connectivity index (χ4v) is 2.81. The van der Waals surface area contributed by atoms with Crippen LogP contribution in [0.25, 0.3) is 0 Å². The number of halogens is 1. The summed E-state index contributed by atoms with van der Waals surface area (Å²) >= 11 is 1.12. The SMILES string of the molecule is CCc1nc(N(C)Cc2ccccc2F)sc1C(=O)O. The molecule has 0 saturated carbocycles. The zero-order chi connectivity index (χ0) is 14.7. The number of rotatable bonds is 5. The second-order valence-corrected chi connectivity index (χ2v) is 5.36. The van der Waals surface area contributed by atoms with Gasteiger partial charge in [-0.25, -0.2) is 14.2 Å². The third kappa shape index (κ3) is 2.96. The summed E-state index contributed by atoms with van der Waals surface area (Å²) in [6.45, 7) is 2.21. The number of aromatic carboxylic acids is 1. The van der Waals surface area contributed by atoms with Crippen molar-refractivity contribution in [3.63, 3.8) is 0 Å². The van der Waals surface area contributed by atoms with Gasteiger partial charge in [-0.2, -0.15) is 0 Å². The van der Waals surface area contributed by atoms with Crippen molar-refractivity contribution < 1.29 is 14.3 Å². The summed E-state index contributed by atoms with van der Waals surface area (Å²) in [5.41, 5.74) is 1.12. The van der Waals surface area contributed by atoms with E-state index in [0.29, 0.717) is 29.4 Å². The molecule has 0 spiro atoms. The molecule has 4 nitrogen and oxygen atoms in total. The van der Waals surface area contributed by atoms with Gasteiger partial charge in [0.1, 0.15) is 10.7 Å². The first kappa shape index (κ1) is 14.5. The van der Waals surface area contributed by atoms with Crippen LogP contribution < -0.4 is 4.90 Å². The first-order valence-corrected chi connectivity index (χ1v) is 7.02. The largest absolute Gasteiger partial charge is 0.477 e. The number of carboxylic acid groups (broad SMARTS) is 1. The summed E-state index contributed by atoms with van der Waals surface area (Å²) in [5.74, 6) is -1.24. The molecule has 106 valence electrons. The van der Waals surface area contributed by atoms with E-state index in [1.165, 1.54) is 6.07 Å². The van der Waals surface area contributed by atoms with E-state index in [-0.39, 0.29) is 10.7 Å². The van der Waals surface area contributed by atoms with Crippen LogP contribution in [0.3, 0.4) is 0 Å². The first-order valence-electron chi connectivity index (χ1n) is 6.20. The van der Waals surface area contributed by atoms with E-state index in [4.69, 9.17) is 5.11 Å². The Morgan fingerprint density at radius 3 is 2.70 bits per heavy atom. The van der Waals surface area contributed by atoms with Gasteiger partial charge >= 0.3 is 5.97 Å². The summed E-state index contributed by atoms with van der Waals surface area (Å²) in [5, 5.41) is 9.70. The summed E-state index contributed by atoms with van der Waals surface area (Å²) in [6.07, 6.45) is 0.561. The van der Waals surface area contributed by atoms with Crippen LogP contribution in [0.2, 0.25) is 0 Å². The van der Waals surface area contributed by atoms with Crippen molar-refractivity contribution in [2.75, 3.05) is 11.9 Å². The number of carboxylic acids is 1. The molecule has 0 fully saturated rings. The number of aryl methyl sites for hydroxylation is 1. The Bertz CT molecular complexity index is 627. The monoisotopic (exact) mass is 294 g/mol. The Labute approximate surface area is 120 Å². The van der Waals surface area contributed by atoms with Gasteiger partial charge in [0.15, 0.2) is 5.13 Å². The van der Waals surface area contributed by atoms with Gasteiger partial charge in [0.05, 0.1) is 5.69 Å². The van der Waals surface area contributed by atoms with Gasteiger partial charge < -0.3 is 10.0 Å². The lowest BCUT2D eigenvalue weighted by atomic mass is 10.2. The molecular weight excluding hydrogens is 279 g/mol. The average Bonchev–Trinajstić information content (AvgIpc) is 2.86. The van der Waals surface area contributed by atoms with Gasteiger partial charge in [0.2, 0.25) is 0 Å². The fraction of sp³-hybridized carbons (Fsp3) is 0.286. The summed E-state index contributed by atoms with van der Waals surface area (Å²) < 4.78 is 13.6. The van der Waals surface area contributed by atoms with Crippen molar-refractivity contribution in [1.82, 2.24) is 4.98 Å². The molecule has 2 rings (SSSR count). The molecule has 0 atom stereocenters. The first-order chi connectivity index (χ1) is 9.52. The van der Waals surface area contributed by atoms with Crippen LogP contribution in [0, 0.1) is 5.82 Å². The molecule has 0 amide bonds. The molecule has 20 heavy (non-hydrogen) atoms. The average molecular weight is 294 g/mol. The van der Waals surface area contributed by atoms with Gasteiger partial charge in [-0.3, -0.25) is 0 Å². The fourth-order valence-electron chi connectivity index (χ4n) is 1.86. The Kier molecular flexibility index (Phi) is 4.34. The van der Waals surface area contributed by atoms with E-state index in [0.717, 1.165) is 11.3 Å². The van der Waals surface area contributed by atoms with Crippen LogP contribution in [-0.2, 0) is 13.0 Å². The highest BCUT2D eigenvalue weighted by atomic mass is 32.1. The van der Waals surface area contributed by atoms with E-state index in [1.807, 2.05) is 6.92 Å². The molecule has 2 aromatic rings. The smallest absolute Gasteiger partial charge is 0.347 e. The number of hydrogen-bond acceptors (Lipinski definition) is 4. The molecule has 0 unspecified atom stereocenters. The summed E-state index contributed by atoms with van der Waals surface area (Å²) in [7, 11) is 1.77. The maximum atomic E-state index is 13.6. The molecule has 0 aliphatic rings. The number of nitrogens with zero attached hydrogens (tertiary/aromatic N) is 2. The predicted molar refractivity (Wildman–Crippen MR) is 77.0 cm³/mol. The second kappa shape index (κ2) is 6.00. The van der Waals surface area contributed by atoms with Crippen molar-refractivity contribution in [1.29, 1.82) is 0 Å². The third-order valence-corrected chi connectivity index (χ3v) is 4.11. The van der Waals surface area contributed by atoms with E-state index in [2.05, 4.69) is 4.98 Å². The van der Waals surface area contributed by atoms with Crippen LogP contribution in [0.4, 0.5) is 9.52 Å². The summed E-state index contributed by atoms with van der Waals surface area (Å²) in [6, 6.07) is 6.53. The van der Waals surface area contributed by atoms with Gasteiger partial charge in [0.25, 0.3) is 0 Å². The van der Waals surface area contributed by atoms with Crippen LogP contribution in [0.15, 0.2) is 24.3 Å². The van der Waals surface area contributed by atoms with E-state index in [9.17, 15) is 9.18 Å². The quantitative estimate of drug-likeness (QED) is 0.920. The molecule has 1 heterocycles. The number of thiazole rings is 1. The normalized spacial score (nSPS) is 10.6. The van der Waals surface area contributed by atoms with Crippen molar-refractivity contribution in [2.45, 2.75) is 19.9 Å². The molecule has 1 aromatic carbocycles. The lowest BCUT2D eigenvalue weighted by Gasteiger charge is -2.16. The maximum absolute atomic E-state index is 13.6. The predicted octanol–water partition coefficient (Wildman–Crippen LogP) is 3.18. The Morgan fingerprint density at radius 1 is 1.45 bits per heavy atom. The third-order valence-electron chi connectivity index (χ3n) is 2.91. The Hall–Kier alpha value is -1.95. The highest BCUT2D eigenvalue weighted by Crippen LogP contribution is 2.27. The lowest BCUT2D eigenvalue weighted by Crippen LogP contribution is -2.17. The number of anilines is 1. The van der Waals surface area contributed by atoms with E-state index >= 15 is 0 Å². The van der Waals surface area contributed by atoms with Gasteiger partial charge in [0, 0.05) is 19.2 Å². The van der Waals surface area contributed by atoms with Crippen molar-refractivity contribution in [3.8, 4) is 0 Å². The molecule has 6 heteroatoms. The lowest BCUT2D eigenvalue weighted by molar-refractivity contribution is 0.0701. The maximum Gasteiger partial charge on any atom is 0.347 e. The summed E-state index contributed by atoms with van der Waals surface area (Å²) in [4.78, 5) is 17.4. The number of aromatic nitrogens is 1. The van der Waals surface area contributed by atoms with Gasteiger partial charge in [-0.15, -0.1) is 0 Å². The highest BCUT2D eigenvalue weighted by Gasteiger charge is 2.18. The van der Waals surface area contributed by atoms with Crippen LogP contribution in [-0.4, -0.2) is 23.1 Å². The van der Waals surface area contributed by atoms with Crippen molar-refractivity contribution >= 4 is 22.4 Å². The molecule has 0 bridgehead atoms. The van der Waals surface area contributed by atoms with Crippen LogP contribution in [0.5, 0.6) is 0 Å². The minimum atomic E-state index is -0.968. The van der Waals surface area contributed by atoms with Crippen LogP contribution >= 0.6 is 11.3 Å². The molecule has 0 saturated heterocycles. The molecule has 1 aromatic heterocycles. The number of benzene rings is 1. The molecule has 0 aliphatic heterocycles. The standard InChI is InChI=1S/C14H15FN2O2S/c1-3-11-12(13(18)19)20-14(16-11)17(2)8-9-6-4-5-7-10(9)15/h4-7H,3,8H2,1-2H3,(H,18,19). The minimum absolute atomic E-state index is 0.253. The van der Waals surface area contributed by atoms with Crippen molar-refractivity contribution in [3.05, 3.63) is 46.2 Å². The second-order valence-electron chi connectivity index (χ2n) is 4.38. The zero-order valence-electron chi connectivity index (χ0n) is 11.3. The van der Waals surface area contributed by atoms with E-state index < -0.39 is 5.97 Å². The van der Waals surface area contributed by atoms with Gasteiger partial charge in [-0.05, 0) is 12.5 Å². The number of carbonyl (C=O) groups is 1. The van der Waals surface area contributed by atoms with Gasteiger partial charge in [-0.1, -0.05) is 36.5 Å². The highest BCUT2D eigenvalue weighted by molar-refractivity contribution is 7.17. The van der Waals surface area contributed by atoms with Crippen LogP contribution in [0.1, 0.15) is 27.9 Å². The zero-order valence-corrected chi connectivity index (χ0v) is 12.1. The topological polar surface area (TPSA) is 53.4 Å². The Balaban J connectivity index is 2.23.